The van der Waals surface area contributed by atoms with Crippen LogP contribution in [0.5, 0.6) is 0 Å². The zero-order chi connectivity index (χ0) is 8.27. The van der Waals surface area contributed by atoms with Gasteiger partial charge in [-0.2, -0.15) is 0 Å². The fourth-order valence-electron chi connectivity index (χ4n) is 1.04. The van der Waals surface area contributed by atoms with Crippen molar-refractivity contribution in [2.75, 3.05) is 0 Å². The molecule has 0 fully saturated rings. The van der Waals surface area contributed by atoms with Crippen molar-refractivity contribution in [3.05, 3.63) is 34.9 Å². The van der Waals surface area contributed by atoms with Crippen LogP contribution < -0.4 is 0 Å². The van der Waals surface area contributed by atoms with Crippen molar-refractivity contribution in [1.29, 1.82) is 0 Å². The molecule has 0 atom stereocenters. The van der Waals surface area contributed by atoms with Crippen LogP contribution in [0.25, 0.3) is 0 Å². The van der Waals surface area contributed by atoms with Crippen LogP contribution >= 0.6 is 0 Å². The molecule has 1 aromatic rings. The zero-order valence-electron chi connectivity index (χ0n) is 7.02. The van der Waals surface area contributed by atoms with Gasteiger partial charge in [-0.05, 0) is 30.5 Å². The Morgan fingerprint density at radius 2 is 2.18 bits per heavy atom. The van der Waals surface area contributed by atoms with E-state index in [1.54, 1.807) is 0 Å². The summed E-state index contributed by atoms with van der Waals surface area (Å²) in [5, 5.41) is 0. The Labute approximate surface area is 68.3 Å². The molecule has 0 nitrogen and oxygen atoms in total. The van der Waals surface area contributed by atoms with E-state index in [0.29, 0.717) is 0 Å². The summed E-state index contributed by atoms with van der Waals surface area (Å²) in [4.78, 5) is 0. The van der Waals surface area contributed by atoms with Gasteiger partial charge in [0, 0.05) is 5.56 Å². The van der Waals surface area contributed by atoms with Crippen LogP contribution in [0.4, 0.5) is 0 Å². The number of hydrogen-bond acceptors (Lipinski definition) is 0. The summed E-state index contributed by atoms with van der Waals surface area (Å²) < 4.78 is 0. The second-order valence-corrected chi connectivity index (χ2v) is 2.65. The number of rotatable bonds is 1. The van der Waals surface area contributed by atoms with Crippen molar-refractivity contribution in [2.45, 2.75) is 20.3 Å². The Morgan fingerprint density at radius 3 is 2.73 bits per heavy atom. The molecule has 56 valence electrons. The molecule has 0 radical (unpaired) electrons. The molecule has 0 spiro atoms. The zero-order valence-corrected chi connectivity index (χ0v) is 7.02. The van der Waals surface area contributed by atoms with Crippen molar-refractivity contribution >= 4 is 0 Å². The van der Waals surface area contributed by atoms with Crippen molar-refractivity contribution in [2.24, 2.45) is 0 Å². The highest BCUT2D eigenvalue weighted by molar-refractivity contribution is 5.41. The molecule has 0 saturated heterocycles. The molecular weight excluding hydrogens is 132 g/mol. The van der Waals surface area contributed by atoms with E-state index in [1.165, 1.54) is 11.1 Å². The van der Waals surface area contributed by atoms with Crippen LogP contribution in [0.15, 0.2) is 18.2 Å². The molecule has 0 amide bonds. The largest absolute Gasteiger partial charge is 0.115 e. The number of aryl methyl sites for hydroxylation is 2. The quantitative estimate of drug-likeness (QED) is 0.531. The summed E-state index contributed by atoms with van der Waals surface area (Å²) in [5.41, 5.74) is 3.51. The fraction of sp³-hybridized carbons (Fsp3) is 0.273. The molecule has 0 heteroatoms. The van der Waals surface area contributed by atoms with E-state index < -0.39 is 0 Å². The molecular formula is C11H12. The van der Waals surface area contributed by atoms with Gasteiger partial charge in [-0.15, -0.1) is 6.42 Å². The average molecular weight is 144 g/mol. The molecule has 1 rings (SSSR count). The highest BCUT2D eigenvalue weighted by atomic mass is 14.0. The van der Waals surface area contributed by atoms with Crippen LogP contribution in [-0.2, 0) is 6.42 Å². The lowest BCUT2D eigenvalue weighted by Crippen LogP contribution is -1.85. The summed E-state index contributed by atoms with van der Waals surface area (Å²) in [6, 6.07) is 6.28. The molecule has 1 aromatic carbocycles. The topological polar surface area (TPSA) is 0 Å². The van der Waals surface area contributed by atoms with Gasteiger partial charge in [0.2, 0.25) is 0 Å². The third-order valence-corrected chi connectivity index (χ3v) is 1.87. The smallest absolute Gasteiger partial charge is 0.0274 e. The first-order chi connectivity index (χ1) is 5.27. The molecule has 11 heavy (non-hydrogen) atoms. The molecule has 0 aromatic heterocycles. The van der Waals surface area contributed by atoms with E-state index in [1.807, 2.05) is 6.92 Å². The minimum absolute atomic E-state index is 1.02. The van der Waals surface area contributed by atoms with Gasteiger partial charge in [0.1, 0.15) is 0 Å². The summed E-state index contributed by atoms with van der Waals surface area (Å²) in [6.45, 7) is 4.17. The SMILES string of the molecule is C#Cc1cc(CC)ccc1C. The van der Waals surface area contributed by atoms with E-state index in [2.05, 4.69) is 31.0 Å². The second kappa shape index (κ2) is 3.25. The molecule has 0 heterocycles. The van der Waals surface area contributed by atoms with Crippen LogP contribution in [0.3, 0.4) is 0 Å². The Kier molecular flexibility index (Phi) is 2.33. The number of benzene rings is 1. The summed E-state index contributed by atoms with van der Waals surface area (Å²) in [6.07, 6.45) is 6.37. The van der Waals surface area contributed by atoms with Crippen molar-refractivity contribution in [3.8, 4) is 12.3 Å². The van der Waals surface area contributed by atoms with E-state index in [9.17, 15) is 0 Å². The minimum Gasteiger partial charge on any atom is -0.115 e. The highest BCUT2D eigenvalue weighted by Gasteiger charge is 1.94. The molecule has 0 aliphatic carbocycles. The third-order valence-electron chi connectivity index (χ3n) is 1.87. The first-order valence-corrected chi connectivity index (χ1v) is 3.84. The van der Waals surface area contributed by atoms with E-state index >= 15 is 0 Å². The van der Waals surface area contributed by atoms with Gasteiger partial charge in [-0.1, -0.05) is 25.0 Å². The molecule has 0 aliphatic rings. The maximum Gasteiger partial charge on any atom is 0.0274 e. The molecule has 0 bridgehead atoms. The maximum absolute atomic E-state index is 5.32. The molecule has 0 aliphatic heterocycles. The average Bonchev–Trinajstić information content (AvgIpc) is 2.05. The molecule has 0 unspecified atom stereocenters. The Balaban J connectivity index is 3.15. The van der Waals surface area contributed by atoms with Crippen molar-refractivity contribution in [1.82, 2.24) is 0 Å². The summed E-state index contributed by atoms with van der Waals surface area (Å²) in [7, 11) is 0. The monoisotopic (exact) mass is 144 g/mol. The van der Waals surface area contributed by atoms with Crippen molar-refractivity contribution < 1.29 is 0 Å². The van der Waals surface area contributed by atoms with Gasteiger partial charge in [0.25, 0.3) is 0 Å². The number of terminal acetylenes is 1. The van der Waals surface area contributed by atoms with Crippen LogP contribution in [0.1, 0.15) is 23.6 Å². The number of hydrogen-bond donors (Lipinski definition) is 0. The maximum atomic E-state index is 5.32. The minimum atomic E-state index is 1.02. The van der Waals surface area contributed by atoms with E-state index in [0.717, 1.165) is 12.0 Å². The lowest BCUT2D eigenvalue weighted by molar-refractivity contribution is 1.13. The van der Waals surface area contributed by atoms with Crippen LogP contribution in [-0.4, -0.2) is 0 Å². The lowest BCUT2D eigenvalue weighted by atomic mass is 10.0. The predicted molar refractivity (Wildman–Crippen MR) is 48.5 cm³/mol. The van der Waals surface area contributed by atoms with E-state index in [-0.39, 0.29) is 0 Å². The summed E-state index contributed by atoms with van der Waals surface area (Å²) in [5.74, 6) is 2.67. The Morgan fingerprint density at radius 1 is 1.45 bits per heavy atom. The van der Waals surface area contributed by atoms with Gasteiger partial charge < -0.3 is 0 Å². The van der Waals surface area contributed by atoms with Crippen LogP contribution in [0, 0.1) is 19.3 Å². The van der Waals surface area contributed by atoms with Gasteiger partial charge in [0.15, 0.2) is 0 Å². The first kappa shape index (κ1) is 7.88. The normalized spacial score (nSPS) is 9.18. The molecule has 0 N–H and O–H groups in total. The van der Waals surface area contributed by atoms with Gasteiger partial charge in [-0.25, -0.2) is 0 Å². The summed E-state index contributed by atoms with van der Waals surface area (Å²) >= 11 is 0. The Bertz CT molecular complexity index is 289. The fourth-order valence-corrected chi connectivity index (χ4v) is 1.04. The second-order valence-electron chi connectivity index (χ2n) is 2.65. The lowest BCUT2D eigenvalue weighted by Gasteiger charge is -2.00. The van der Waals surface area contributed by atoms with Crippen molar-refractivity contribution in [3.63, 3.8) is 0 Å². The van der Waals surface area contributed by atoms with E-state index in [4.69, 9.17) is 6.42 Å². The highest BCUT2D eigenvalue weighted by Crippen LogP contribution is 2.09. The van der Waals surface area contributed by atoms with Crippen LogP contribution in [0.2, 0.25) is 0 Å². The predicted octanol–water partition coefficient (Wildman–Crippen LogP) is 2.54. The first-order valence-electron chi connectivity index (χ1n) is 3.84. The van der Waals surface area contributed by atoms with Gasteiger partial charge in [-0.3, -0.25) is 0 Å². The third kappa shape index (κ3) is 1.62. The standard InChI is InChI=1S/C11H12/c1-4-10-7-6-9(3)11(5-2)8-10/h2,6-8H,4H2,1,3H3. The Hall–Kier alpha value is -1.22. The van der Waals surface area contributed by atoms with Gasteiger partial charge >= 0.3 is 0 Å². The van der Waals surface area contributed by atoms with Gasteiger partial charge in [0.05, 0.1) is 0 Å². The molecule has 0 saturated carbocycles.